The van der Waals surface area contributed by atoms with Crippen LogP contribution in [-0.2, 0) is 6.42 Å². The van der Waals surface area contributed by atoms with Crippen LogP contribution < -0.4 is 15.5 Å². The Balaban J connectivity index is 1.23. The summed E-state index contributed by atoms with van der Waals surface area (Å²) in [4.78, 5) is 29.4. The van der Waals surface area contributed by atoms with Crippen LogP contribution in [0.4, 0.5) is 16.2 Å². The summed E-state index contributed by atoms with van der Waals surface area (Å²) in [5.74, 6) is -0.0536. The van der Waals surface area contributed by atoms with Crippen molar-refractivity contribution >= 4 is 23.3 Å². The number of carbonyl (C=O) groups excluding carboxylic acids is 2. The predicted octanol–water partition coefficient (Wildman–Crippen LogP) is 3.25. The molecule has 0 radical (unpaired) electrons. The van der Waals surface area contributed by atoms with Gasteiger partial charge in [0.05, 0.1) is 6.61 Å². The smallest absolute Gasteiger partial charge is 0.319 e. The van der Waals surface area contributed by atoms with Crippen molar-refractivity contribution in [1.29, 1.82) is 0 Å². The summed E-state index contributed by atoms with van der Waals surface area (Å²) in [6.45, 7) is 3.50. The number of nitrogens with zero attached hydrogens (tertiary/aromatic N) is 2. The van der Waals surface area contributed by atoms with Crippen LogP contribution in [-0.4, -0.2) is 60.8 Å². The Morgan fingerprint density at radius 1 is 1.06 bits per heavy atom. The summed E-state index contributed by atoms with van der Waals surface area (Å²) >= 11 is 0. The first-order chi connectivity index (χ1) is 15.7. The van der Waals surface area contributed by atoms with Gasteiger partial charge in [-0.05, 0) is 75.0 Å². The van der Waals surface area contributed by atoms with Crippen molar-refractivity contribution in [3.05, 3.63) is 59.7 Å². The Hall–Kier alpha value is -2.90. The van der Waals surface area contributed by atoms with Gasteiger partial charge in [-0.1, -0.05) is 24.3 Å². The number of unbranched alkanes of at least 4 members (excludes halogenated alkanes) is 1. The Morgan fingerprint density at radius 2 is 1.94 bits per heavy atom. The van der Waals surface area contributed by atoms with Crippen molar-refractivity contribution in [2.75, 3.05) is 43.0 Å². The lowest BCUT2D eigenvalue weighted by atomic mass is 10.1. The highest BCUT2D eigenvalue weighted by molar-refractivity contribution is 6.08. The predicted molar refractivity (Wildman–Crippen MR) is 126 cm³/mol. The van der Waals surface area contributed by atoms with E-state index in [1.807, 2.05) is 18.2 Å². The zero-order valence-electron chi connectivity index (χ0n) is 18.4. The maximum Gasteiger partial charge on any atom is 0.319 e. The number of aliphatic hydroxyl groups is 1. The summed E-state index contributed by atoms with van der Waals surface area (Å²) in [5.41, 5.74) is 3.31. The van der Waals surface area contributed by atoms with Gasteiger partial charge in [0.25, 0.3) is 5.91 Å². The minimum absolute atomic E-state index is 0.0536. The molecule has 0 aromatic heterocycles. The Morgan fingerprint density at radius 3 is 2.81 bits per heavy atom. The van der Waals surface area contributed by atoms with E-state index in [0.717, 1.165) is 50.9 Å². The molecule has 2 aliphatic rings. The zero-order valence-corrected chi connectivity index (χ0v) is 18.4. The molecule has 1 saturated heterocycles. The molecule has 0 spiro atoms. The SMILES string of the molecule is O=C(NCCCCN1CCCC1CO)Nc1cccc(C(=O)N2CCc3ccccc32)c1. The van der Waals surface area contributed by atoms with E-state index in [9.17, 15) is 14.7 Å². The minimum Gasteiger partial charge on any atom is -0.395 e. The van der Waals surface area contributed by atoms with E-state index >= 15 is 0 Å². The largest absolute Gasteiger partial charge is 0.395 e. The molecule has 0 bridgehead atoms. The van der Waals surface area contributed by atoms with E-state index < -0.39 is 0 Å². The van der Waals surface area contributed by atoms with E-state index in [-0.39, 0.29) is 18.5 Å². The van der Waals surface area contributed by atoms with Crippen molar-refractivity contribution in [3.8, 4) is 0 Å². The molecule has 170 valence electrons. The monoisotopic (exact) mass is 436 g/mol. The van der Waals surface area contributed by atoms with Crippen LogP contribution in [0.3, 0.4) is 0 Å². The number of hydrogen-bond acceptors (Lipinski definition) is 4. The van der Waals surface area contributed by atoms with Gasteiger partial charge in [-0.3, -0.25) is 9.69 Å². The second kappa shape index (κ2) is 10.6. The van der Waals surface area contributed by atoms with Gasteiger partial charge in [0.2, 0.25) is 0 Å². The zero-order chi connectivity index (χ0) is 22.3. The fraction of sp³-hybridized carbons (Fsp3) is 0.440. The summed E-state index contributed by atoms with van der Waals surface area (Å²) in [6.07, 6.45) is 4.95. The van der Waals surface area contributed by atoms with E-state index in [2.05, 4.69) is 21.6 Å². The molecule has 3 N–H and O–H groups in total. The van der Waals surface area contributed by atoms with Gasteiger partial charge in [-0.2, -0.15) is 0 Å². The van der Waals surface area contributed by atoms with Gasteiger partial charge in [0, 0.05) is 36.1 Å². The maximum atomic E-state index is 13.0. The molecule has 1 fully saturated rings. The molecule has 3 amide bonds. The quantitative estimate of drug-likeness (QED) is 0.555. The number of anilines is 2. The summed E-state index contributed by atoms with van der Waals surface area (Å²) in [6, 6.07) is 15.1. The normalized spacial score (nSPS) is 17.9. The topological polar surface area (TPSA) is 84.9 Å². The number of hydrogen-bond donors (Lipinski definition) is 3. The summed E-state index contributed by atoms with van der Waals surface area (Å²) in [7, 11) is 0. The van der Waals surface area contributed by atoms with E-state index in [1.54, 1.807) is 29.2 Å². The van der Waals surface area contributed by atoms with Gasteiger partial charge < -0.3 is 20.6 Å². The van der Waals surface area contributed by atoms with Crippen molar-refractivity contribution < 1.29 is 14.7 Å². The van der Waals surface area contributed by atoms with Gasteiger partial charge in [-0.15, -0.1) is 0 Å². The van der Waals surface area contributed by atoms with Crippen LogP contribution in [0.1, 0.15) is 41.6 Å². The molecule has 1 unspecified atom stereocenters. The fourth-order valence-corrected chi connectivity index (χ4v) is 4.65. The first-order valence-corrected chi connectivity index (χ1v) is 11.6. The van der Waals surface area contributed by atoms with Crippen molar-refractivity contribution in [3.63, 3.8) is 0 Å². The standard InChI is InChI=1S/C25H32N4O3/c30-18-22-10-6-15-28(22)14-4-3-13-26-25(32)27-21-9-5-8-20(17-21)24(31)29-16-12-19-7-1-2-11-23(19)29/h1-2,5,7-9,11,17,22,30H,3-4,6,10,12-16,18H2,(H2,26,27,32). The number of para-hydroxylation sites is 1. The molecular formula is C25H32N4O3. The number of rotatable bonds is 8. The van der Waals surface area contributed by atoms with Crippen LogP contribution in [0.15, 0.2) is 48.5 Å². The molecule has 32 heavy (non-hydrogen) atoms. The lowest BCUT2D eigenvalue weighted by Gasteiger charge is -2.22. The molecule has 7 nitrogen and oxygen atoms in total. The van der Waals surface area contributed by atoms with Gasteiger partial charge in [-0.25, -0.2) is 4.79 Å². The second-order valence-electron chi connectivity index (χ2n) is 8.52. The number of urea groups is 1. The van der Waals surface area contributed by atoms with E-state index in [0.29, 0.717) is 30.4 Å². The van der Waals surface area contributed by atoms with Gasteiger partial charge in [0.1, 0.15) is 0 Å². The molecule has 0 aliphatic carbocycles. The number of carbonyl (C=O) groups is 2. The highest BCUT2D eigenvalue weighted by Gasteiger charge is 2.25. The molecule has 2 aliphatic heterocycles. The van der Waals surface area contributed by atoms with Crippen molar-refractivity contribution in [2.24, 2.45) is 0 Å². The van der Waals surface area contributed by atoms with E-state index in [1.165, 1.54) is 5.56 Å². The minimum atomic E-state index is -0.268. The van der Waals surface area contributed by atoms with Crippen LogP contribution in [0.5, 0.6) is 0 Å². The first-order valence-electron chi connectivity index (χ1n) is 11.6. The third-order valence-corrected chi connectivity index (χ3v) is 6.37. The number of amides is 3. The first kappa shape index (κ1) is 22.3. The molecule has 2 heterocycles. The Kier molecular flexibility index (Phi) is 7.39. The average Bonchev–Trinajstić information content (AvgIpc) is 3.45. The highest BCUT2D eigenvalue weighted by Crippen LogP contribution is 2.29. The lowest BCUT2D eigenvalue weighted by molar-refractivity contribution is 0.0989. The summed E-state index contributed by atoms with van der Waals surface area (Å²) < 4.78 is 0. The number of fused-ring (bicyclic) bond motifs is 1. The molecule has 7 heteroatoms. The number of likely N-dealkylation sites (tertiary alicyclic amines) is 1. The number of nitrogens with one attached hydrogen (secondary N) is 2. The molecule has 4 rings (SSSR count). The second-order valence-corrected chi connectivity index (χ2v) is 8.52. The average molecular weight is 437 g/mol. The number of aliphatic hydroxyl groups excluding tert-OH is 1. The molecule has 1 atom stereocenters. The van der Waals surface area contributed by atoms with Gasteiger partial charge in [0.15, 0.2) is 0 Å². The molecule has 2 aromatic rings. The molecule has 2 aromatic carbocycles. The third kappa shape index (κ3) is 5.29. The fourth-order valence-electron chi connectivity index (χ4n) is 4.65. The van der Waals surface area contributed by atoms with E-state index in [4.69, 9.17) is 0 Å². The van der Waals surface area contributed by atoms with Crippen LogP contribution in [0.25, 0.3) is 0 Å². The van der Waals surface area contributed by atoms with Crippen LogP contribution in [0.2, 0.25) is 0 Å². The molecule has 0 saturated carbocycles. The summed E-state index contributed by atoms with van der Waals surface area (Å²) in [5, 5.41) is 15.1. The molecular weight excluding hydrogens is 404 g/mol. The Labute approximate surface area is 189 Å². The highest BCUT2D eigenvalue weighted by atomic mass is 16.3. The number of benzene rings is 2. The third-order valence-electron chi connectivity index (χ3n) is 6.37. The van der Waals surface area contributed by atoms with Crippen LogP contribution in [0, 0.1) is 0 Å². The Bertz CT molecular complexity index is 948. The lowest BCUT2D eigenvalue weighted by Crippen LogP contribution is -2.34. The van der Waals surface area contributed by atoms with Crippen molar-refractivity contribution in [1.82, 2.24) is 10.2 Å². The van der Waals surface area contributed by atoms with Crippen molar-refractivity contribution in [2.45, 2.75) is 38.1 Å². The maximum absolute atomic E-state index is 13.0. The van der Waals surface area contributed by atoms with Gasteiger partial charge >= 0.3 is 6.03 Å². The van der Waals surface area contributed by atoms with Crippen LogP contribution >= 0.6 is 0 Å².